The van der Waals surface area contributed by atoms with Crippen molar-refractivity contribution in [3.8, 4) is 5.75 Å². The van der Waals surface area contributed by atoms with Crippen LogP contribution in [-0.2, 0) is 4.79 Å². The number of benzene rings is 1. The Balaban J connectivity index is 1.50. The highest BCUT2D eigenvalue weighted by atomic mass is 16.5. The van der Waals surface area contributed by atoms with Gasteiger partial charge in [0.25, 0.3) is 0 Å². The molecular formula is C28H45NO3. The molecule has 180 valence electrons. The summed E-state index contributed by atoms with van der Waals surface area (Å²) >= 11 is 0. The highest BCUT2D eigenvalue weighted by Crippen LogP contribution is 2.45. The Morgan fingerprint density at radius 1 is 1.03 bits per heavy atom. The molecule has 0 bridgehead atoms. The standard InChI is InChI=1S/C28H45NO3/c1-3-5-6-7-8-9-21-32-26-14-12-23(13-15-26)25-11-10-18-28(4-2,22-25)29-19-16-24(17-20-29)27(30)31/h12-15,24-25H,3-11,16-22H2,1-2H3,(H,30,31). The van der Waals surface area contributed by atoms with Crippen LogP contribution in [0.3, 0.4) is 0 Å². The van der Waals surface area contributed by atoms with Crippen molar-refractivity contribution in [3.63, 3.8) is 0 Å². The molecule has 0 aromatic heterocycles. The number of hydrogen-bond acceptors (Lipinski definition) is 3. The summed E-state index contributed by atoms with van der Waals surface area (Å²) in [6.45, 7) is 7.27. The van der Waals surface area contributed by atoms with Crippen LogP contribution in [0.25, 0.3) is 0 Å². The first-order valence-electron chi connectivity index (χ1n) is 13.3. The Hall–Kier alpha value is -1.55. The molecule has 32 heavy (non-hydrogen) atoms. The quantitative estimate of drug-likeness (QED) is 0.352. The minimum absolute atomic E-state index is 0.150. The Morgan fingerprint density at radius 3 is 2.38 bits per heavy atom. The van der Waals surface area contributed by atoms with Crippen molar-refractivity contribution in [2.45, 2.75) is 109 Å². The molecule has 4 nitrogen and oxygen atoms in total. The Kier molecular flexibility index (Phi) is 9.90. The first-order chi connectivity index (χ1) is 15.6. The predicted octanol–water partition coefficient (Wildman–Crippen LogP) is 7.03. The number of carboxylic acids is 1. The largest absolute Gasteiger partial charge is 0.494 e. The lowest BCUT2D eigenvalue weighted by Gasteiger charge is -2.50. The summed E-state index contributed by atoms with van der Waals surface area (Å²) in [6, 6.07) is 8.88. The molecular weight excluding hydrogens is 398 g/mol. The second-order valence-corrected chi connectivity index (χ2v) is 10.2. The second kappa shape index (κ2) is 12.6. The van der Waals surface area contributed by atoms with E-state index in [1.807, 2.05) is 0 Å². The van der Waals surface area contributed by atoms with E-state index in [0.29, 0.717) is 5.92 Å². The van der Waals surface area contributed by atoms with E-state index in [-0.39, 0.29) is 11.5 Å². The van der Waals surface area contributed by atoms with Crippen LogP contribution in [0, 0.1) is 5.92 Å². The van der Waals surface area contributed by atoms with Crippen LogP contribution in [0.4, 0.5) is 0 Å². The maximum atomic E-state index is 11.4. The molecule has 3 rings (SSSR count). The fraction of sp³-hybridized carbons (Fsp3) is 0.750. The Bertz CT molecular complexity index is 680. The van der Waals surface area contributed by atoms with Crippen LogP contribution in [-0.4, -0.2) is 41.2 Å². The minimum atomic E-state index is -0.615. The zero-order chi connectivity index (χ0) is 22.8. The molecule has 2 fully saturated rings. The smallest absolute Gasteiger partial charge is 0.306 e. The molecule has 1 aromatic carbocycles. The van der Waals surface area contributed by atoms with Gasteiger partial charge in [0.05, 0.1) is 12.5 Å². The van der Waals surface area contributed by atoms with Crippen LogP contribution < -0.4 is 4.74 Å². The fourth-order valence-corrected chi connectivity index (χ4v) is 5.97. The van der Waals surface area contributed by atoms with Gasteiger partial charge < -0.3 is 9.84 Å². The number of ether oxygens (including phenoxy) is 1. The van der Waals surface area contributed by atoms with E-state index in [1.54, 1.807) is 0 Å². The van der Waals surface area contributed by atoms with Gasteiger partial charge >= 0.3 is 5.97 Å². The third-order valence-corrected chi connectivity index (χ3v) is 8.11. The van der Waals surface area contributed by atoms with E-state index in [2.05, 4.69) is 43.0 Å². The number of carboxylic acid groups (broad SMARTS) is 1. The number of unbranched alkanes of at least 4 members (excludes halogenated alkanes) is 5. The van der Waals surface area contributed by atoms with Gasteiger partial charge in [0.1, 0.15) is 5.75 Å². The van der Waals surface area contributed by atoms with Crippen LogP contribution in [0.15, 0.2) is 24.3 Å². The molecule has 0 radical (unpaired) electrons. The van der Waals surface area contributed by atoms with Gasteiger partial charge in [-0.15, -0.1) is 0 Å². The summed E-state index contributed by atoms with van der Waals surface area (Å²) in [6.07, 6.45) is 15.4. The predicted molar refractivity (Wildman–Crippen MR) is 131 cm³/mol. The van der Waals surface area contributed by atoms with Gasteiger partial charge in [0.15, 0.2) is 0 Å². The van der Waals surface area contributed by atoms with Gasteiger partial charge in [-0.3, -0.25) is 9.69 Å². The zero-order valence-corrected chi connectivity index (χ0v) is 20.5. The van der Waals surface area contributed by atoms with Crippen molar-refractivity contribution in [1.29, 1.82) is 0 Å². The maximum absolute atomic E-state index is 11.4. The van der Waals surface area contributed by atoms with E-state index < -0.39 is 5.97 Å². The highest BCUT2D eigenvalue weighted by molar-refractivity contribution is 5.70. The van der Waals surface area contributed by atoms with Crippen LogP contribution in [0.1, 0.15) is 109 Å². The van der Waals surface area contributed by atoms with Crippen molar-refractivity contribution in [2.75, 3.05) is 19.7 Å². The van der Waals surface area contributed by atoms with Crippen molar-refractivity contribution < 1.29 is 14.6 Å². The molecule has 2 aliphatic rings. The van der Waals surface area contributed by atoms with Crippen LogP contribution in [0.5, 0.6) is 5.75 Å². The third-order valence-electron chi connectivity index (χ3n) is 8.11. The average Bonchev–Trinajstić information content (AvgIpc) is 2.84. The molecule has 1 saturated heterocycles. The molecule has 2 unspecified atom stereocenters. The van der Waals surface area contributed by atoms with E-state index >= 15 is 0 Å². The van der Waals surface area contributed by atoms with Gasteiger partial charge in [-0.1, -0.05) is 64.5 Å². The van der Waals surface area contributed by atoms with Crippen LogP contribution in [0.2, 0.25) is 0 Å². The van der Waals surface area contributed by atoms with Gasteiger partial charge in [-0.05, 0) is 81.6 Å². The number of carbonyl (C=O) groups is 1. The van der Waals surface area contributed by atoms with Gasteiger partial charge in [-0.25, -0.2) is 0 Å². The molecule has 1 aromatic rings. The Morgan fingerprint density at radius 2 is 1.72 bits per heavy atom. The van der Waals surface area contributed by atoms with Gasteiger partial charge in [-0.2, -0.15) is 0 Å². The SMILES string of the molecule is CCCCCCCCOc1ccc(C2CCCC(CC)(N3CCC(C(=O)O)CC3)C2)cc1. The maximum Gasteiger partial charge on any atom is 0.306 e. The summed E-state index contributed by atoms with van der Waals surface area (Å²) in [5.74, 6) is 0.822. The molecule has 0 amide bonds. The number of piperidine rings is 1. The van der Waals surface area contributed by atoms with E-state index in [4.69, 9.17) is 4.74 Å². The van der Waals surface area contributed by atoms with Gasteiger partial charge in [0.2, 0.25) is 0 Å². The molecule has 0 spiro atoms. The first kappa shape index (κ1) is 25.1. The van der Waals surface area contributed by atoms with E-state index in [9.17, 15) is 9.90 Å². The molecule has 1 N–H and O–H groups in total. The normalized spacial score (nSPS) is 25.0. The molecule has 1 aliphatic heterocycles. The molecule has 1 aliphatic carbocycles. The van der Waals surface area contributed by atoms with Gasteiger partial charge in [0, 0.05) is 5.54 Å². The number of hydrogen-bond donors (Lipinski definition) is 1. The van der Waals surface area contributed by atoms with Crippen molar-refractivity contribution in [3.05, 3.63) is 29.8 Å². The van der Waals surface area contributed by atoms with Crippen molar-refractivity contribution in [2.24, 2.45) is 5.92 Å². The minimum Gasteiger partial charge on any atom is -0.494 e. The fourth-order valence-electron chi connectivity index (χ4n) is 5.97. The average molecular weight is 444 g/mol. The topological polar surface area (TPSA) is 49.8 Å². The monoisotopic (exact) mass is 443 g/mol. The second-order valence-electron chi connectivity index (χ2n) is 10.2. The lowest BCUT2D eigenvalue weighted by Crippen LogP contribution is -2.54. The summed E-state index contributed by atoms with van der Waals surface area (Å²) in [5, 5.41) is 9.35. The molecule has 1 heterocycles. The lowest BCUT2D eigenvalue weighted by atomic mass is 9.70. The van der Waals surface area contributed by atoms with E-state index in [1.165, 1.54) is 63.4 Å². The third kappa shape index (κ3) is 6.73. The summed E-state index contributed by atoms with van der Waals surface area (Å²) in [7, 11) is 0. The first-order valence-corrected chi connectivity index (χ1v) is 13.3. The number of likely N-dealkylation sites (tertiary alicyclic amines) is 1. The molecule has 2 atom stereocenters. The van der Waals surface area contributed by atoms with Crippen molar-refractivity contribution in [1.82, 2.24) is 4.90 Å². The summed E-state index contributed by atoms with van der Waals surface area (Å²) < 4.78 is 5.99. The number of aliphatic carboxylic acids is 1. The lowest BCUT2D eigenvalue weighted by molar-refractivity contribution is -0.144. The highest BCUT2D eigenvalue weighted by Gasteiger charge is 2.42. The number of rotatable bonds is 12. The zero-order valence-electron chi connectivity index (χ0n) is 20.5. The van der Waals surface area contributed by atoms with Crippen molar-refractivity contribution >= 4 is 5.97 Å². The molecule has 1 saturated carbocycles. The number of nitrogens with zero attached hydrogens (tertiary/aromatic N) is 1. The summed E-state index contributed by atoms with van der Waals surface area (Å²) in [4.78, 5) is 14.0. The van der Waals surface area contributed by atoms with Crippen LogP contribution >= 0.6 is 0 Å². The van der Waals surface area contributed by atoms with E-state index in [0.717, 1.165) is 51.1 Å². The Labute approximate surface area is 195 Å². The molecule has 4 heteroatoms. The summed E-state index contributed by atoms with van der Waals surface area (Å²) in [5.41, 5.74) is 1.68.